The Hall–Kier alpha value is -0.830. The quantitative estimate of drug-likeness (QED) is 0.484. The van der Waals surface area contributed by atoms with E-state index in [1.807, 2.05) is 0 Å². The molecule has 0 aliphatic rings. The van der Waals surface area contributed by atoms with Crippen molar-refractivity contribution < 1.29 is 9.63 Å². The van der Waals surface area contributed by atoms with Crippen LogP contribution in [0.25, 0.3) is 0 Å². The van der Waals surface area contributed by atoms with E-state index < -0.39 is 0 Å². The van der Waals surface area contributed by atoms with Crippen LogP contribution in [0.2, 0.25) is 0 Å². The van der Waals surface area contributed by atoms with E-state index >= 15 is 0 Å². The molecule has 0 N–H and O–H groups in total. The molecule has 3 heteroatoms. The minimum Gasteiger partial charge on any atom is -0.274 e. The molecule has 0 saturated heterocycles. The van der Waals surface area contributed by atoms with E-state index in [0.717, 1.165) is 12.8 Å². The Morgan fingerprint density at radius 3 is 2.46 bits per heavy atom. The number of likely N-dealkylation sites (N-methyl/N-ethyl adjacent to an activating group) is 1. The van der Waals surface area contributed by atoms with E-state index in [1.54, 1.807) is 7.05 Å². The van der Waals surface area contributed by atoms with Gasteiger partial charge in [-0.25, -0.2) is 5.06 Å². The summed E-state index contributed by atoms with van der Waals surface area (Å²) in [5, 5.41) is 1.20. The molecule has 0 spiro atoms. The maximum absolute atomic E-state index is 11.4. The Morgan fingerprint density at radius 1 is 1.54 bits per heavy atom. The molecule has 0 aromatic carbocycles. The summed E-state index contributed by atoms with van der Waals surface area (Å²) in [6.45, 7) is 7.97. The zero-order chi connectivity index (χ0) is 10.4. The van der Waals surface area contributed by atoms with Gasteiger partial charge >= 0.3 is 0 Å². The second kappa shape index (κ2) is 5.75. The third-order valence-corrected chi connectivity index (χ3v) is 1.89. The monoisotopic (exact) mass is 185 g/mol. The Kier molecular flexibility index (Phi) is 5.39. The summed E-state index contributed by atoms with van der Waals surface area (Å²) in [6, 6.07) is 0. The predicted molar refractivity (Wildman–Crippen MR) is 53.0 cm³/mol. The average molecular weight is 185 g/mol. The van der Waals surface area contributed by atoms with Crippen LogP contribution in [-0.4, -0.2) is 25.1 Å². The van der Waals surface area contributed by atoms with Gasteiger partial charge in [0.1, 0.15) is 0 Å². The molecule has 0 aromatic rings. The van der Waals surface area contributed by atoms with Gasteiger partial charge in [-0.15, -0.1) is 0 Å². The molecule has 0 saturated carbocycles. The first kappa shape index (κ1) is 12.2. The van der Waals surface area contributed by atoms with Gasteiger partial charge in [-0.3, -0.25) is 9.63 Å². The highest BCUT2D eigenvalue weighted by atomic mass is 16.7. The van der Waals surface area contributed by atoms with Crippen molar-refractivity contribution in [3.8, 4) is 0 Å². The standard InChI is InChI=1S/C10H19NO2/c1-8(2)6-7-9(3)10(12)11(4)13-5/h8H,3,6-7H2,1-2,4-5H3. The predicted octanol–water partition coefficient (Wildman–Crippen LogP) is 2.00. The van der Waals surface area contributed by atoms with Crippen LogP contribution >= 0.6 is 0 Å². The summed E-state index contributed by atoms with van der Waals surface area (Å²) in [5.41, 5.74) is 0.609. The number of hydroxylamine groups is 2. The summed E-state index contributed by atoms with van der Waals surface area (Å²) < 4.78 is 0. The van der Waals surface area contributed by atoms with Crippen molar-refractivity contribution in [3.63, 3.8) is 0 Å². The van der Waals surface area contributed by atoms with E-state index in [2.05, 4.69) is 20.4 Å². The van der Waals surface area contributed by atoms with Gasteiger partial charge in [0.05, 0.1) is 7.11 Å². The van der Waals surface area contributed by atoms with Gasteiger partial charge in [-0.1, -0.05) is 20.4 Å². The molecule has 0 bridgehead atoms. The van der Waals surface area contributed by atoms with Gasteiger partial charge in [0, 0.05) is 12.6 Å². The number of carbonyl (C=O) groups is 1. The van der Waals surface area contributed by atoms with Crippen LogP contribution in [0.4, 0.5) is 0 Å². The molecular weight excluding hydrogens is 166 g/mol. The third kappa shape index (κ3) is 4.68. The summed E-state index contributed by atoms with van der Waals surface area (Å²) in [4.78, 5) is 16.2. The van der Waals surface area contributed by atoms with E-state index in [4.69, 9.17) is 4.84 Å². The lowest BCUT2D eigenvalue weighted by Gasteiger charge is -2.15. The first-order chi connectivity index (χ1) is 5.99. The smallest absolute Gasteiger partial charge is 0.272 e. The Bertz CT molecular complexity index is 187. The van der Waals surface area contributed by atoms with Crippen LogP contribution in [0.5, 0.6) is 0 Å². The second-order valence-corrected chi connectivity index (χ2v) is 3.52. The van der Waals surface area contributed by atoms with Crippen molar-refractivity contribution in [1.82, 2.24) is 5.06 Å². The number of amides is 1. The van der Waals surface area contributed by atoms with E-state index in [-0.39, 0.29) is 5.91 Å². The van der Waals surface area contributed by atoms with Gasteiger partial charge < -0.3 is 0 Å². The maximum atomic E-state index is 11.4. The molecule has 0 aliphatic carbocycles. The lowest BCUT2D eigenvalue weighted by atomic mass is 10.0. The molecule has 76 valence electrons. The zero-order valence-corrected chi connectivity index (χ0v) is 8.96. The van der Waals surface area contributed by atoms with Gasteiger partial charge in [0.15, 0.2) is 0 Å². The lowest BCUT2D eigenvalue weighted by molar-refractivity contribution is -0.164. The zero-order valence-electron chi connectivity index (χ0n) is 8.96. The molecule has 0 aromatic heterocycles. The summed E-state index contributed by atoms with van der Waals surface area (Å²) >= 11 is 0. The van der Waals surface area contributed by atoms with Crippen molar-refractivity contribution in [3.05, 3.63) is 12.2 Å². The van der Waals surface area contributed by atoms with Crippen molar-refractivity contribution in [2.24, 2.45) is 5.92 Å². The fourth-order valence-electron chi connectivity index (χ4n) is 0.875. The van der Waals surface area contributed by atoms with E-state index in [9.17, 15) is 4.79 Å². The topological polar surface area (TPSA) is 29.5 Å². The second-order valence-electron chi connectivity index (χ2n) is 3.52. The van der Waals surface area contributed by atoms with Crippen LogP contribution in [0.1, 0.15) is 26.7 Å². The number of hydrogen-bond donors (Lipinski definition) is 0. The van der Waals surface area contributed by atoms with Gasteiger partial charge in [0.25, 0.3) is 5.91 Å². The molecular formula is C10H19NO2. The van der Waals surface area contributed by atoms with Crippen molar-refractivity contribution in [2.75, 3.05) is 14.2 Å². The number of carbonyl (C=O) groups excluding carboxylic acids is 1. The van der Waals surface area contributed by atoms with Crippen molar-refractivity contribution in [2.45, 2.75) is 26.7 Å². The van der Waals surface area contributed by atoms with Crippen LogP contribution in [-0.2, 0) is 9.63 Å². The maximum Gasteiger partial charge on any atom is 0.272 e. The Balaban J connectivity index is 3.90. The molecule has 1 amide bonds. The summed E-state index contributed by atoms with van der Waals surface area (Å²) in [6.07, 6.45) is 1.73. The first-order valence-electron chi connectivity index (χ1n) is 4.49. The molecule has 0 radical (unpaired) electrons. The molecule has 0 aliphatic heterocycles. The number of rotatable bonds is 5. The fraction of sp³-hybridized carbons (Fsp3) is 0.700. The van der Waals surface area contributed by atoms with Crippen LogP contribution in [0.3, 0.4) is 0 Å². The summed E-state index contributed by atoms with van der Waals surface area (Å²) in [5.74, 6) is 0.459. The molecule has 0 atom stereocenters. The largest absolute Gasteiger partial charge is 0.274 e. The summed E-state index contributed by atoms with van der Waals surface area (Å²) in [7, 11) is 3.05. The minimum absolute atomic E-state index is 0.136. The number of nitrogens with zero attached hydrogens (tertiary/aromatic N) is 1. The van der Waals surface area contributed by atoms with Crippen LogP contribution in [0, 0.1) is 5.92 Å². The highest BCUT2D eigenvalue weighted by Crippen LogP contribution is 2.11. The molecule has 0 rings (SSSR count). The molecule has 0 fully saturated rings. The van der Waals surface area contributed by atoms with Gasteiger partial charge in [-0.2, -0.15) is 0 Å². The Morgan fingerprint density at radius 2 is 2.08 bits per heavy atom. The minimum atomic E-state index is -0.136. The average Bonchev–Trinajstić information content (AvgIpc) is 2.11. The molecule has 0 heterocycles. The molecule has 13 heavy (non-hydrogen) atoms. The molecule has 3 nitrogen and oxygen atoms in total. The van der Waals surface area contributed by atoms with Gasteiger partial charge in [0.2, 0.25) is 0 Å². The highest BCUT2D eigenvalue weighted by molar-refractivity contribution is 5.91. The normalized spacial score (nSPS) is 10.2. The molecule has 0 unspecified atom stereocenters. The lowest BCUT2D eigenvalue weighted by Crippen LogP contribution is -2.26. The Labute approximate surface area is 80.3 Å². The van der Waals surface area contributed by atoms with Gasteiger partial charge in [-0.05, 0) is 18.8 Å². The first-order valence-corrected chi connectivity index (χ1v) is 4.49. The SMILES string of the molecule is C=C(CCC(C)C)C(=O)N(C)OC. The fourth-order valence-corrected chi connectivity index (χ4v) is 0.875. The van der Waals surface area contributed by atoms with Crippen LogP contribution < -0.4 is 0 Å². The van der Waals surface area contributed by atoms with Crippen LogP contribution in [0.15, 0.2) is 12.2 Å². The van der Waals surface area contributed by atoms with E-state index in [0.29, 0.717) is 11.5 Å². The third-order valence-electron chi connectivity index (χ3n) is 1.89. The van der Waals surface area contributed by atoms with Crippen molar-refractivity contribution >= 4 is 5.91 Å². The van der Waals surface area contributed by atoms with Crippen molar-refractivity contribution in [1.29, 1.82) is 0 Å². The highest BCUT2D eigenvalue weighted by Gasteiger charge is 2.12. The number of hydrogen-bond acceptors (Lipinski definition) is 2. The van der Waals surface area contributed by atoms with E-state index in [1.165, 1.54) is 12.2 Å².